The molecule has 0 amide bonds. The maximum absolute atomic E-state index is 13.6. The second-order valence-corrected chi connectivity index (χ2v) is 5.06. The zero-order valence-electron chi connectivity index (χ0n) is 13.3. The molecule has 0 saturated carbocycles. The Kier molecular flexibility index (Phi) is 6.10. The Morgan fingerprint density at radius 1 is 1.35 bits per heavy atom. The van der Waals surface area contributed by atoms with Crippen LogP contribution in [-0.2, 0) is 13.6 Å². The number of halogens is 1. The lowest BCUT2D eigenvalue weighted by atomic mass is 10.1. The van der Waals surface area contributed by atoms with Gasteiger partial charge in [-0.3, -0.25) is 4.68 Å². The first-order chi connectivity index (χ1) is 11.1. The number of aryl methyl sites for hydroxylation is 1. The molecule has 0 spiro atoms. The Morgan fingerprint density at radius 3 is 2.78 bits per heavy atom. The van der Waals surface area contributed by atoms with Crippen LogP contribution in [0, 0.1) is 5.82 Å². The average molecular weight is 319 g/mol. The van der Waals surface area contributed by atoms with Crippen LogP contribution in [0.1, 0.15) is 24.3 Å². The lowest BCUT2D eigenvalue weighted by Crippen LogP contribution is -2.39. The van der Waals surface area contributed by atoms with E-state index in [0.717, 1.165) is 5.69 Å². The molecular formula is C16H22FN5O. The van der Waals surface area contributed by atoms with E-state index < -0.39 is 11.9 Å². The van der Waals surface area contributed by atoms with E-state index in [9.17, 15) is 9.50 Å². The normalized spacial score (nSPS) is 13.0. The molecule has 3 N–H and O–H groups in total. The summed E-state index contributed by atoms with van der Waals surface area (Å²) in [6.07, 6.45) is 0.768. The highest BCUT2D eigenvalue weighted by Crippen LogP contribution is 2.15. The molecule has 0 radical (unpaired) electrons. The molecule has 23 heavy (non-hydrogen) atoms. The van der Waals surface area contributed by atoms with E-state index in [2.05, 4.69) is 20.7 Å². The SMILES string of the molecule is CCNC(=NCc1ccnn1C)NCC(O)c1ccccc1F. The fraction of sp³-hybridized carbons (Fsp3) is 0.375. The van der Waals surface area contributed by atoms with Gasteiger partial charge in [-0.25, -0.2) is 9.38 Å². The van der Waals surface area contributed by atoms with Crippen molar-refractivity contribution in [1.29, 1.82) is 0 Å². The average Bonchev–Trinajstić information content (AvgIpc) is 2.95. The molecule has 1 heterocycles. The Morgan fingerprint density at radius 2 is 2.13 bits per heavy atom. The predicted octanol–water partition coefficient (Wildman–Crippen LogP) is 1.35. The monoisotopic (exact) mass is 319 g/mol. The van der Waals surface area contributed by atoms with Crippen molar-refractivity contribution >= 4 is 5.96 Å². The van der Waals surface area contributed by atoms with Crippen LogP contribution >= 0.6 is 0 Å². The largest absolute Gasteiger partial charge is 0.386 e. The molecule has 0 aliphatic carbocycles. The van der Waals surface area contributed by atoms with Crippen molar-refractivity contribution in [1.82, 2.24) is 20.4 Å². The number of nitrogens with one attached hydrogen (secondary N) is 2. The molecule has 1 atom stereocenters. The number of hydrogen-bond acceptors (Lipinski definition) is 3. The second kappa shape index (κ2) is 8.28. The molecule has 2 rings (SSSR count). The summed E-state index contributed by atoms with van der Waals surface area (Å²) in [6.45, 7) is 3.27. The van der Waals surface area contributed by atoms with Crippen LogP contribution in [0.25, 0.3) is 0 Å². The number of guanidine groups is 1. The van der Waals surface area contributed by atoms with Crippen molar-refractivity contribution in [3.8, 4) is 0 Å². The molecule has 0 aliphatic rings. The van der Waals surface area contributed by atoms with Crippen LogP contribution < -0.4 is 10.6 Å². The van der Waals surface area contributed by atoms with Gasteiger partial charge >= 0.3 is 0 Å². The topological polar surface area (TPSA) is 74.5 Å². The van der Waals surface area contributed by atoms with Gasteiger partial charge in [-0.2, -0.15) is 5.10 Å². The second-order valence-electron chi connectivity index (χ2n) is 5.06. The van der Waals surface area contributed by atoms with Crippen LogP contribution in [0.5, 0.6) is 0 Å². The summed E-state index contributed by atoms with van der Waals surface area (Å²) in [4.78, 5) is 4.43. The highest BCUT2D eigenvalue weighted by atomic mass is 19.1. The van der Waals surface area contributed by atoms with Crippen molar-refractivity contribution in [2.45, 2.75) is 19.6 Å². The van der Waals surface area contributed by atoms with Gasteiger partial charge in [0.1, 0.15) is 5.82 Å². The summed E-state index contributed by atoms with van der Waals surface area (Å²) in [7, 11) is 1.85. The van der Waals surface area contributed by atoms with Gasteiger partial charge in [0, 0.05) is 31.9 Å². The smallest absolute Gasteiger partial charge is 0.191 e. The molecule has 7 heteroatoms. The maximum Gasteiger partial charge on any atom is 0.191 e. The summed E-state index contributed by atoms with van der Waals surface area (Å²) < 4.78 is 15.4. The minimum absolute atomic E-state index is 0.165. The molecule has 124 valence electrons. The summed E-state index contributed by atoms with van der Waals surface area (Å²) >= 11 is 0. The van der Waals surface area contributed by atoms with E-state index in [1.54, 1.807) is 29.1 Å². The summed E-state index contributed by atoms with van der Waals surface area (Å²) in [5.74, 6) is 0.141. The lowest BCUT2D eigenvalue weighted by molar-refractivity contribution is 0.176. The van der Waals surface area contributed by atoms with E-state index >= 15 is 0 Å². The molecule has 0 saturated heterocycles. The van der Waals surface area contributed by atoms with Gasteiger partial charge in [-0.15, -0.1) is 0 Å². The molecule has 2 aromatic rings. The molecular weight excluding hydrogens is 297 g/mol. The Bertz CT molecular complexity index is 655. The van der Waals surface area contributed by atoms with Crippen molar-refractivity contribution in [3.05, 3.63) is 53.6 Å². The molecule has 1 aromatic heterocycles. The highest BCUT2D eigenvalue weighted by Gasteiger charge is 2.12. The number of rotatable bonds is 6. The van der Waals surface area contributed by atoms with Gasteiger partial charge in [0.15, 0.2) is 5.96 Å². The molecule has 6 nitrogen and oxygen atoms in total. The van der Waals surface area contributed by atoms with Crippen molar-refractivity contribution in [2.75, 3.05) is 13.1 Å². The number of aliphatic hydroxyl groups excluding tert-OH is 1. The summed E-state index contributed by atoms with van der Waals surface area (Å²) in [6, 6.07) is 8.09. The number of aliphatic imine (C=N–C) groups is 1. The molecule has 0 aliphatic heterocycles. The first kappa shape index (κ1) is 17.0. The first-order valence-electron chi connectivity index (χ1n) is 7.53. The summed E-state index contributed by atoms with van der Waals surface area (Å²) in [5, 5.41) is 20.3. The van der Waals surface area contributed by atoms with Crippen molar-refractivity contribution in [3.63, 3.8) is 0 Å². The molecule has 1 aromatic carbocycles. The van der Waals surface area contributed by atoms with Crippen LogP contribution in [0.2, 0.25) is 0 Å². The van der Waals surface area contributed by atoms with Crippen LogP contribution in [0.3, 0.4) is 0 Å². The van der Waals surface area contributed by atoms with Gasteiger partial charge in [0.2, 0.25) is 0 Å². The fourth-order valence-electron chi connectivity index (χ4n) is 2.11. The standard InChI is InChI=1S/C16H22FN5O/c1-3-18-16(19-10-12-8-9-21-22(12)2)20-11-15(23)13-6-4-5-7-14(13)17/h4-9,15,23H,3,10-11H2,1-2H3,(H2,18,19,20). The number of aliphatic hydroxyl groups is 1. The third kappa shape index (κ3) is 4.79. The molecule has 0 bridgehead atoms. The number of nitrogens with zero attached hydrogens (tertiary/aromatic N) is 3. The van der Waals surface area contributed by atoms with E-state index in [1.165, 1.54) is 6.07 Å². The van der Waals surface area contributed by atoms with Gasteiger partial charge in [0.05, 0.1) is 18.3 Å². The first-order valence-corrected chi connectivity index (χ1v) is 7.53. The van der Waals surface area contributed by atoms with Crippen LogP contribution in [0.15, 0.2) is 41.5 Å². The van der Waals surface area contributed by atoms with Gasteiger partial charge in [-0.05, 0) is 19.1 Å². The van der Waals surface area contributed by atoms with Crippen molar-refractivity contribution < 1.29 is 9.50 Å². The quantitative estimate of drug-likeness (QED) is 0.555. The predicted molar refractivity (Wildman–Crippen MR) is 87.4 cm³/mol. The number of benzene rings is 1. The lowest BCUT2D eigenvalue weighted by Gasteiger charge is -2.16. The zero-order chi connectivity index (χ0) is 16.7. The van der Waals surface area contributed by atoms with E-state index in [1.807, 2.05) is 20.0 Å². The van der Waals surface area contributed by atoms with Crippen molar-refractivity contribution in [2.24, 2.45) is 12.0 Å². The van der Waals surface area contributed by atoms with E-state index in [-0.39, 0.29) is 12.1 Å². The van der Waals surface area contributed by atoms with E-state index in [0.29, 0.717) is 19.0 Å². The van der Waals surface area contributed by atoms with Gasteiger partial charge < -0.3 is 15.7 Å². The zero-order valence-corrected chi connectivity index (χ0v) is 13.3. The fourth-order valence-corrected chi connectivity index (χ4v) is 2.11. The van der Waals surface area contributed by atoms with Gasteiger partial charge in [0.25, 0.3) is 0 Å². The van der Waals surface area contributed by atoms with Crippen LogP contribution in [0.4, 0.5) is 4.39 Å². The highest BCUT2D eigenvalue weighted by molar-refractivity contribution is 5.79. The number of aromatic nitrogens is 2. The maximum atomic E-state index is 13.6. The minimum Gasteiger partial charge on any atom is -0.386 e. The Labute approximate surface area is 135 Å². The van der Waals surface area contributed by atoms with Gasteiger partial charge in [-0.1, -0.05) is 18.2 Å². The minimum atomic E-state index is -0.947. The molecule has 1 unspecified atom stereocenters. The Balaban J connectivity index is 1.96. The third-order valence-electron chi connectivity index (χ3n) is 3.39. The third-order valence-corrected chi connectivity index (χ3v) is 3.39. The Hall–Kier alpha value is -2.41. The summed E-state index contributed by atoms with van der Waals surface area (Å²) in [5.41, 5.74) is 1.24. The van der Waals surface area contributed by atoms with E-state index in [4.69, 9.17) is 0 Å². The number of hydrogen-bond donors (Lipinski definition) is 3. The molecule has 0 fully saturated rings. The van der Waals surface area contributed by atoms with Crippen LogP contribution in [-0.4, -0.2) is 33.9 Å².